The standard InChI is InChI=1S/C19H29ClN/c1-21(14-6-2-3-7-15-21)16-19(12-4-5-13-19)17-8-10-18(20)11-9-17/h8-11H,2-7,12-16H2,1H3/q+1. The predicted molar refractivity (Wildman–Crippen MR) is 90.9 cm³/mol. The normalized spacial score (nSPS) is 24.7. The molecule has 0 amide bonds. The Morgan fingerprint density at radius 1 is 0.905 bits per heavy atom. The molecule has 2 aliphatic rings. The summed E-state index contributed by atoms with van der Waals surface area (Å²) in [5, 5.41) is 0.863. The van der Waals surface area contributed by atoms with Gasteiger partial charge in [0.05, 0.1) is 26.7 Å². The molecule has 1 saturated heterocycles. The van der Waals surface area contributed by atoms with Crippen molar-refractivity contribution in [2.45, 2.75) is 56.8 Å². The smallest absolute Gasteiger partial charge is 0.0882 e. The second kappa shape index (κ2) is 6.30. The van der Waals surface area contributed by atoms with E-state index in [4.69, 9.17) is 11.6 Å². The van der Waals surface area contributed by atoms with E-state index in [2.05, 4.69) is 31.3 Å². The van der Waals surface area contributed by atoms with Gasteiger partial charge < -0.3 is 4.48 Å². The SMILES string of the molecule is C[N+]1(CC2(c3ccc(Cl)cc3)CCCC2)CCCCCC1. The van der Waals surface area contributed by atoms with Crippen LogP contribution in [-0.2, 0) is 5.41 Å². The maximum atomic E-state index is 6.10. The van der Waals surface area contributed by atoms with Crippen molar-refractivity contribution in [3.63, 3.8) is 0 Å². The van der Waals surface area contributed by atoms with E-state index < -0.39 is 0 Å². The quantitative estimate of drug-likeness (QED) is 0.676. The highest BCUT2D eigenvalue weighted by molar-refractivity contribution is 6.30. The Morgan fingerprint density at radius 2 is 1.48 bits per heavy atom. The summed E-state index contributed by atoms with van der Waals surface area (Å²) in [6, 6.07) is 8.74. The minimum Gasteiger partial charge on any atom is -0.325 e. The first kappa shape index (κ1) is 15.4. The number of rotatable bonds is 3. The molecule has 2 heteroatoms. The lowest BCUT2D eigenvalue weighted by molar-refractivity contribution is -0.912. The van der Waals surface area contributed by atoms with Gasteiger partial charge in [0.25, 0.3) is 0 Å². The van der Waals surface area contributed by atoms with Crippen LogP contribution in [0.2, 0.25) is 5.02 Å². The monoisotopic (exact) mass is 306 g/mol. The summed E-state index contributed by atoms with van der Waals surface area (Å²) in [5.74, 6) is 0. The van der Waals surface area contributed by atoms with E-state index in [9.17, 15) is 0 Å². The van der Waals surface area contributed by atoms with Gasteiger partial charge in [-0.3, -0.25) is 0 Å². The van der Waals surface area contributed by atoms with Gasteiger partial charge in [0, 0.05) is 10.4 Å². The molecular formula is C19H29ClN+. The first-order valence-corrected chi connectivity index (χ1v) is 9.09. The Labute approximate surface area is 134 Å². The Balaban J connectivity index is 1.85. The molecule has 0 unspecified atom stereocenters. The zero-order valence-electron chi connectivity index (χ0n) is 13.4. The third kappa shape index (κ3) is 3.46. The van der Waals surface area contributed by atoms with Gasteiger partial charge in [-0.05, 0) is 56.2 Å². The second-order valence-electron chi connectivity index (χ2n) is 7.63. The molecule has 2 fully saturated rings. The molecule has 0 radical (unpaired) electrons. The molecule has 3 rings (SSSR count). The van der Waals surface area contributed by atoms with E-state index in [1.165, 1.54) is 81.0 Å². The van der Waals surface area contributed by atoms with Crippen molar-refractivity contribution in [2.75, 3.05) is 26.7 Å². The highest BCUT2D eigenvalue weighted by Gasteiger charge is 2.42. The topological polar surface area (TPSA) is 0 Å². The van der Waals surface area contributed by atoms with Crippen LogP contribution >= 0.6 is 11.6 Å². The number of quaternary nitrogens is 1. The van der Waals surface area contributed by atoms with Crippen molar-refractivity contribution in [2.24, 2.45) is 0 Å². The third-order valence-corrected chi connectivity index (χ3v) is 6.10. The van der Waals surface area contributed by atoms with E-state index >= 15 is 0 Å². The highest BCUT2D eigenvalue weighted by Crippen LogP contribution is 2.43. The van der Waals surface area contributed by atoms with E-state index in [1.54, 1.807) is 0 Å². The van der Waals surface area contributed by atoms with Gasteiger partial charge in [0.15, 0.2) is 0 Å². The molecule has 1 aromatic rings. The van der Waals surface area contributed by atoms with Gasteiger partial charge in [-0.15, -0.1) is 0 Å². The molecule has 1 aliphatic heterocycles. The molecular weight excluding hydrogens is 278 g/mol. The zero-order valence-corrected chi connectivity index (χ0v) is 14.2. The first-order chi connectivity index (χ1) is 10.1. The number of benzene rings is 1. The fourth-order valence-electron chi connectivity index (χ4n) is 4.73. The minimum atomic E-state index is 0.406. The summed E-state index contributed by atoms with van der Waals surface area (Å²) in [4.78, 5) is 0. The molecule has 1 heterocycles. The molecule has 1 nitrogen and oxygen atoms in total. The van der Waals surface area contributed by atoms with E-state index in [0.29, 0.717) is 5.41 Å². The maximum Gasteiger partial charge on any atom is 0.0882 e. The first-order valence-electron chi connectivity index (χ1n) is 8.72. The average molecular weight is 307 g/mol. The van der Waals surface area contributed by atoms with Crippen LogP contribution in [0.25, 0.3) is 0 Å². The lowest BCUT2D eigenvalue weighted by Crippen LogP contribution is -2.52. The van der Waals surface area contributed by atoms with Crippen molar-refractivity contribution in [3.8, 4) is 0 Å². The summed E-state index contributed by atoms with van der Waals surface area (Å²) >= 11 is 6.10. The van der Waals surface area contributed by atoms with Crippen molar-refractivity contribution >= 4 is 11.6 Å². The van der Waals surface area contributed by atoms with Gasteiger partial charge in [0.2, 0.25) is 0 Å². The lowest BCUT2D eigenvalue weighted by Gasteiger charge is -2.42. The predicted octanol–water partition coefficient (Wildman–Crippen LogP) is 5.17. The van der Waals surface area contributed by atoms with Crippen molar-refractivity contribution in [1.82, 2.24) is 0 Å². The van der Waals surface area contributed by atoms with Crippen LogP contribution in [0.5, 0.6) is 0 Å². The van der Waals surface area contributed by atoms with Crippen LogP contribution in [0.15, 0.2) is 24.3 Å². The number of likely N-dealkylation sites (tertiary alicyclic amines) is 1. The summed E-state index contributed by atoms with van der Waals surface area (Å²) in [7, 11) is 2.50. The van der Waals surface area contributed by atoms with E-state index in [1.807, 2.05) is 0 Å². The van der Waals surface area contributed by atoms with Gasteiger partial charge >= 0.3 is 0 Å². The molecule has 0 N–H and O–H groups in total. The number of likely N-dealkylation sites (N-methyl/N-ethyl adjacent to an activating group) is 1. The summed E-state index contributed by atoms with van der Waals surface area (Å²) in [6.07, 6.45) is 11.2. The van der Waals surface area contributed by atoms with Crippen LogP contribution in [0, 0.1) is 0 Å². The summed E-state index contributed by atoms with van der Waals surface area (Å²) in [6.45, 7) is 4.07. The van der Waals surface area contributed by atoms with Crippen LogP contribution in [0.3, 0.4) is 0 Å². The fourth-order valence-corrected chi connectivity index (χ4v) is 4.86. The molecule has 21 heavy (non-hydrogen) atoms. The van der Waals surface area contributed by atoms with Gasteiger partial charge in [-0.2, -0.15) is 0 Å². The van der Waals surface area contributed by atoms with Gasteiger partial charge in [-0.25, -0.2) is 0 Å². The van der Waals surface area contributed by atoms with E-state index in [-0.39, 0.29) is 0 Å². The average Bonchev–Trinajstić information content (AvgIpc) is 2.82. The lowest BCUT2D eigenvalue weighted by atomic mass is 9.77. The molecule has 0 aromatic heterocycles. The Bertz CT molecular complexity index is 451. The van der Waals surface area contributed by atoms with Gasteiger partial charge in [-0.1, -0.05) is 36.6 Å². The van der Waals surface area contributed by atoms with E-state index in [0.717, 1.165) is 5.02 Å². The largest absolute Gasteiger partial charge is 0.325 e. The Hall–Kier alpha value is -0.530. The fraction of sp³-hybridized carbons (Fsp3) is 0.684. The zero-order chi connectivity index (χ0) is 14.8. The molecule has 0 spiro atoms. The molecule has 1 aromatic carbocycles. The molecule has 116 valence electrons. The summed E-state index contributed by atoms with van der Waals surface area (Å²) < 4.78 is 1.28. The van der Waals surface area contributed by atoms with Crippen molar-refractivity contribution < 1.29 is 4.48 Å². The number of nitrogens with zero attached hydrogens (tertiary/aromatic N) is 1. The highest BCUT2D eigenvalue weighted by atomic mass is 35.5. The van der Waals surface area contributed by atoms with Crippen LogP contribution < -0.4 is 0 Å². The number of hydrogen-bond acceptors (Lipinski definition) is 0. The molecule has 0 bridgehead atoms. The van der Waals surface area contributed by atoms with Gasteiger partial charge in [0.1, 0.15) is 0 Å². The Kier molecular flexibility index (Phi) is 4.61. The number of halogens is 1. The Morgan fingerprint density at radius 3 is 2.05 bits per heavy atom. The third-order valence-electron chi connectivity index (χ3n) is 5.85. The van der Waals surface area contributed by atoms with Crippen molar-refractivity contribution in [3.05, 3.63) is 34.9 Å². The van der Waals surface area contributed by atoms with Crippen LogP contribution in [0.4, 0.5) is 0 Å². The van der Waals surface area contributed by atoms with Crippen LogP contribution in [-0.4, -0.2) is 31.2 Å². The molecule has 1 aliphatic carbocycles. The number of hydrogen-bond donors (Lipinski definition) is 0. The van der Waals surface area contributed by atoms with Crippen molar-refractivity contribution in [1.29, 1.82) is 0 Å². The molecule has 0 atom stereocenters. The minimum absolute atomic E-state index is 0.406. The maximum absolute atomic E-state index is 6.10. The van der Waals surface area contributed by atoms with Crippen LogP contribution in [0.1, 0.15) is 56.9 Å². The summed E-state index contributed by atoms with van der Waals surface area (Å²) in [5.41, 5.74) is 1.94. The molecule has 1 saturated carbocycles. The second-order valence-corrected chi connectivity index (χ2v) is 8.07.